The number of hydrogen-bond donors (Lipinski definition) is 1. The number of rotatable bonds is 3. The van der Waals surface area contributed by atoms with Gasteiger partial charge in [0.1, 0.15) is 11.0 Å². The maximum absolute atomic E-state index is 5.90. The van der Waals surface area contributed by atoms with E-state index in [0.717, 1.165) is 20.7 Å². The first-order valence-corrected chi connectivity index (χ1v) is 7.38. The fourth-order valence-corrected chi connectivity index (χ4v) is 3.06. The molecular formula is C12H11BrClN3S. The van der Waals surface area contributed by atoms with Crippen LogP contribution in [0.2, 0.25) is 5.15 Å². The van der Waals surface area contributed by atoms with Crippen molar-refractivity contribution in [3.05, 3.63) is 45.4 Å². The van der Waals surface area contributed by atoms with Gasteiger partial charge in [-0.2, -0.15) is 0 Å². The minimum atomic E-state index is 0.473. The Morgan fingerprint density at radius 2 is 2.11 bits per heavy atom. The van der Waals surface area contributed by atoms with E-state index in [0.29, 0.717) is 16.7 Å². The molecule has 0 aliphatic carbocycles. The first-order chi connectivity index (χ1) is 8.54. The van der Waals surface area contributed by atoms with E-state index in [1.54, 1.807) is 17.8 Å². The van der Waals surface area contributed by atoms with E-state index in [9.17, 15) is 0 Å². The lowest BCUT2D eigenvalue weighted by atomic mass is 10.3. The van der Waals surface area contributed by atoms with Crippen LogP contribution in [0.15, 0.2) is 33.6 Å². The van der Waals surface area contributed by atoms with Crippen LogP contribution < -0.4 is 5.73 Å². The number of hydrogen-bond acceptors (Lipinski definition) is 4. The molecule has 1 aromatic carbocycles. The highest BCUT2D eigenvalue weighted by atomic mass is 79.9. The van der Waals surface area contributed by atoms with Crippen LogP contribution in [0.5, 0.6) is 0 Å². The standard InChI is InChI=1S/C12H11BrClN3S/c1-7-4-11(14)17-12(16-7)6-18-10-5-8(13)2-3-9(10)15/h2-5H,6,15H2,1H3. The van der Waals surface area contributed by atoms with Gasteiger partial charge in [-0.1, -0.05) is 27.5 Å². The average Bonchev–Trinajstić information content (AvgIpc) is 2.29. The fraction of sp³-hybridized carbons (Fsp3) is 0.167. The Morgan fingerprint density at radius 1 is 1.33 bits per heavy atom. The van der Waals surface area contributed by atoms with Crippen molar-refractivity contribution in [2.45, 2.75) is 17.6 Å². The lowest BCUT2D eigenvalue weighted by Crippen LogP contribution is -1.96. The van der Waals surface area contributed by atoms with Gasteiger partial charge >= 0.3 is 0 Å². The Bertz CT molecular complexity index is 557. The van der Waals surface area contributed by atoms with E-state index in [1.165, 1.54) is 0 Å². The molecule has 0 radical (unpaired) electrons. The molecule has 0 atom stereocenters. The molecule has 0 bridgehead atoms. The second-order valence-corrected chi connectivity index (χ2v) is 6.04. The average molecular weight is 345 g/mol. The SMILES string of the molecule is Cc1cc(Cl)nc(CSc2cc(Br)ccc2N)n1. The molecule has 94 valence electrons. The molecule has 0 saturated carbocycles. The summed E-state index contributed by atoms with van der Waals surface area (Å²) in [5.41, 5.74) is 7.52. The predicted octanol–water partition coefficient (Wildman–Crippen LogP) is 4.08. The molecule has 0 saturated heterocycles. The van der Waals surface area contributed by atoms with Crippen LogP contribution in [-0.4, -0.2) is 9.97 Å². The second kappa shape index (κ2) is 5.91. The quantitative estimate of drug-likeness (QED) is 0.518. The van der Waals surface area contributed by atoms with Gasteiger partial charge in [-0.15, -0.1) is 11.8 Å². The molecule has 18 heavy (non-hydrogen) atoms. The van der Waals surface area contributed by atoms with Crippen molar-refractivity contribution in [1.29, 1.82) is 0 Å². The molecule has 0 amide bonds. The predicted molar refractivity (Wildman–Crippen MR) is 79.9 cm³/mol. The fourth-order valence-electron chi connectivity index (χ4n) is 1.43. The van der Waals surface area contributed by atoms with Crippen molar-refractivity contribution in [3.63, 3.8) is 0 Å². The first kappa shape index (κ1) is 13.6. The third-order valence-corrected chi connectivity index (χ3v) is 3.96. The summed E-state index contributed by atoms with van der Waals surface area (Å²) in [4.78, 5) is 9.52. The molecule has 2 aromatic rings. The number of aromatic nitrogens is 2. The lowest BCUT2D eigenvalue weighted by molar-refractivity contribution is 0.996. The smallest absolute Gasteiger partial charge is 0.140 e. The van der Waals surface area contributed by atoms with Crippen molar-refractivity contribution < 1.29 is 0 Å². The molecule has 0 fully saturated rings. The first-order valence-electron chi connectivity index (χ1n) is 5.22. The lowest BCUT2D eigenvalue weighted by Gasteiger charge is -2.06. The van der Waals surface area contributed by atoms with E-state index in [-0.39, 0.29) is 0 Å². The van der Waals surface area contributed by atoms with E-state index < -0.39 is 0 Å². The molecule has 1 aromatic heterocycles. The summed E-state index contributed by atoms with van der Waals surface area (Å²) >= 11 is 10.9. The Morgan fingerprint density at radius 3 is 2.83 bits per heavy atom. The Kier molecular flexibility index (Phi) is 4.48. The highest BCUT2D eigenvalue weighted by Crippen LogP contribution is 2.30. The Hall–Kier alpha value is -0.780. The molecule has 2 rings (SSSR count). The number of nitrogens with two attached hydrogens (primary N) is 1. The number of nitrogens with zero attached hydrogens (tertiary/aromatic N) is 2. The minimum absolute atomic E-state index is 0.473. The minimum Gasteiger partial charge on any atom is -0.398 e. The monoisotopic (exact) mass is 343 g/mol. The summed E-state index contributed by atoms with van der Waals surface area (Å²) in [6, 6.07) is 7.51. The van der Waals surface area contributed by atoms with Gasteiger partial charge < -0.3 is 5.73 Å². The molecule has 6 heteroatoms. The van der Waals surface area contributed by atoms with Crippen LogP contribution in [0.1, 0.15) is 11.5 Å². The van der Waals surface area contributed by atoms with Gasteiger partial charge in [0.2, 0.25) is 0 Å². The van der Waals surface area contributed by atoms with Gasteiger partial charge in [-0.3, -0.25) is 0 Å². The topological polar surface area (TPSA) is 51.8 Å². The van der Waals surface area contributed by atoms with Crippen molar-refractivity contribution in [2.75, 3.05) is 5.73 Å². The van der Waals surface area contributed by atoms with Gasteiger partial charge in [-0.05, 0) is 31.2 Å². The largest absolute Gasteiger partial charge is 0.398 e. The van der Waals surface area contributed by atoms with Crippen LogP contribution in [0.3, 0.4) is 0 Å². The third-order valence-electron chi connectivity index (χ3n) is 2.20. The van der Waals surface area contributed by atoms with E-state index in [1.807, 2.05) is 25.1 Å². The van der Waals surface area contributed by atoms with Crippen molar-refractivity contribution >= 4 is 45.0 Å². The van der Waals surface area contributed by atoms with Crippen LogP contribution >= 0.6 is 39.3 Å². The number of halogens is 2. The number of thioether (sulfide) groups is 1. The zero-order chi connectivity index (χ0) is 13.1. The van der Waals surface area contributed by atoms with E-state index in [2.05, 4.69) is 25.9 Å². The Labute approximate surface area is 123 Å². The van der Waals surface area contributed by atoms with Gasteiger partial charge in [0.05, 0.1) is 5.75 Å². The molecule has 1 heterocycles. The normalized spacial score (nSPS) is 10.6. The highest BCUT2D eigenvalue weighted by Gasteiger charge is 2.05. The molecule has 0 aliphatic rings. The number of benzene rings is 1. The molecule has 0 unspecified atom stereocenters. The molecule has 0 spiro atoms. The summed E-state index contributed by atoms with van der Waals surface area (Å²) in [7, 11) is 0. The van der Waals surface area contributed by atoms with Crippen molar-refractivity contribution in [2.24, 2.45) is 0 Å². The summed E-state index contributed by atoms with van der Waals surface area (Å²) in [6.07, 6.45) is 0. The summed E-state index contributed by atoms with van der Waals surface area (Å²) in [5, 5.41) is 0.473. The van der Waals surface area contributed by atoms with E-state index >= 15 is 0 Å². The van der Waals surface area contributed by atoms with Gasteiger partial charge in [0.15, 0.2) is 0 Å². The van der Waals surface area contributed by atoms with Crippen LogP contribution in [0.25, 0.3) is 0 Å². The summed E-state index contributed by atoms with van der Waals surface area (Å²) < 4.78 is 1.00. The van der Waals surface area contributed by atoms with Crippen LogP contribution in [0, 0.1) is 6.92 Å². The number of aryl methyl sites for hydroxylation is 1. The summed E-state index contributed by atoms with van der Waals surface area (Å²) in [6.45, 7) is 1.90. The third kappa shape index (κ3) is 3.60. The second-order valence-electron chi connectivity index (χ2n) is 3.72. The molecule has 0 aliphatic heterocycles. The Balaban J connectivity index is 2.13. The van der Waals surface area contributed by atoms with Crippen LogP contribution in [0.4, 0.5) is 5.69 Å². The summed E-state index contributed by atoms with van der Waals surface area (Å²) in [5.74, 6) is 1.35. The zero-order valence-corrected chi connectivity index (χ0v) is 12.8. The van der Waals surface area contributed by atoms with E-state index in [4.69, 9.17) is 17.3 Å². The molecule has 3 nitrogen and oxygen atoms in total. The number of nitrogen functional groups attached to an aromatic ring is 1. The van der Waals surface area contributed by atoms with Crippen molar-refractivity contribution in [1.82, 2.24) is 9.97 Å². The van der Waals surface area contributed by atoms with Crippen LogP contribution in [-0.2, 0) is 5.75 Å². The maximum Gasteiger partial charge on any atom is 0.140 e. The zero-order valence-electron chi connectivity index (χ0n) is 9.65. The van der Waals surface area contributed by atoms with Gasteiger partial charge in [-0.25, -0.2) is 9.97 Å². The highest BCUT2D eigenvalue weighted by molar-refractivity contribution is 9.10. The maximum atomic E-state index is 5.90. The van der Waals surface area contributed by atoms with Crippen molar-refractivity contribution in [3.8, 4) is 0 Å². The molecule has 2 N–H and O–H groups in total. The molecular weight excluding hydrogens is 334 g/mol. The van der Waals surface area contributed by atoms with Gasteiger partial charge in [0, 0.05) is 20.7 Å². The number of anilines is 1. The van der Waals surface area contributed by atoms with Gasteiger partial charge in [0.25, 0.3) is 0 Å².